The molecule has 0 bridgehead atoms. The highest BCUT2D eigenvalue weighted by atomic mass is 32.2. The number of amides is 1. The lowest BCUT2D eigenvalue weighted by Crippen LogP contribution is -2.13. The van der Waals surface area contributed by atoms with Gasteiger partial charge in [-0.15, -0.1) is 0 Å². The molecule has 2 N–H and O–H groups in total. The van der Waals surface area contributed by atoms with E-state index in [4.69, 9.17) is 4.42 Å². The predicted octanol–water partition coefficient (Wildman–Crippen LogP) is 3.61. The Hall–Kier alpha value is -2.72. The minimum Gasteiger partial charge on any atom is -0.442 e. The van der Waals surface area contributed by atoms with Crippen molar-refractivity contribution >= 4 is 38.1 Å². The van der Waals surface area contributed by atoms with E-state index in [-0.39, 0.29) is 22.4 Å². The highest BCUT2D eigenvalue weighted by molar-refractivity contribution is 7.92. The van der Waals surface area contributed by atoms with Gasteiger partial charge in [0, 0.05) is 6.92 Å². The molecule has 0 aliphatic heterocycles. The van der Waals surface area contributed by atoms with E-state index in [9.17, 15) is 17.6 Å². The second-order valence-electron chi connectivity index (χ2n) is 5.32. The Morgan fingerprint density at radius 3 is 2.65 bits per heavy atom. The van der Waals surface area contributed by atoms with E-state index in [0.717, 1.165) is 17.4 Å². The molecule has 10 heteroatoms. The van der Waals surface area contributed by atoms with Crippen LogP contribution in [0, 0.1) is 12.7 Å². The van der Waals surface area contributed by atoms with Gasteiger partial charge in [0.2, 0.25) is 11.0 Å². The number of furan rings is 1. The zero-order valence-corrected chi connectivity index (χ0v) is 15.4. The van der Waals surface area contributed by atoms with Crippen molar-refractivity contribution in [3.05, 3.63) is 47.9 Å². The van der Waals surface area contributed by atoms with E-state index >= 15 is 0 Å². The van der Waals surface area contributed by atoms with Crippen molar-refractivity contribution in [2.75, 3.05) is 10.0 Å². The van der Waals surface area contributed by atoms with Gasteiger partial charge in [-0.05, 0) is 31.2 Å². The summed E-state index contributed by atoms with van der Waals surface area (Å²) in [4.78, 5) is 15.9. The van der Waals surface area contributed by atoms with E-state index in [1.807, 2.05) is 0 Å². The average Bonchev–Trinajstić information content (AvgIpc) is 3.16. The highest BCUT2D eigenvalue weighted by Gasteiger charge is 2.22. The van der Waals surface area contributed by atoms with E-state index in [1.54, 1.807) is 6.92 Å². The lowest BCUT2D eigenvalue weighted by atomic mass is 10.3. The van der Waals surface area contributed by atoms with Crippen LogP contribution in [0.4, 0.5) is 15.2 Å². The molecule has 0 aliphatic carbocycles. The Balaban J connectivity index is 1.89. The van der Waals surface area contributed by atoms with Crippen molar-refractivity contribution in [2.24, 2.45) is 0 Å². The minimum atomic E-state index is -4.09. The van der Waals surface area contributed by atoms with E-state index in [1.165, 1.54) is 37.3 Å². The molecule has 1 aromatic carbocycles. The van der Waals surface area contributed by atoms with Gasteiger partial charge in [0.25, 0.3) is 10.0 Å². The van der Waals surface area contributed by atoms with Gasteiger partial charge in [-0.1, -0.05) is 23.5 Å². The largest absolute Gasteiger partial charge is 0.442 e. The van der Waals surface area contributed by atoms with Crippen LogP contribution in [0.1, 0.15) is 12.6 Å². The summed E-state index contributed by atoms with van der Waals surface area (Å²) >= 11 is 1.16. The number of hydrogen-bond acceptors (Lipinski definition) is 6. The van der Waals surface area contributed by atoms with Gasteiger partial charge in [-0.3, -0.25) is 9.52 Å². The molecule has 0 unspecified atom stereocenters. The lowest BCUT2D eigenvalue weighted by Gasteiger charge is -2.06. The normalized spacial score (nSPS) is 11.3. The fourth-order valence-corrected chi connectivity index (χ4v) is 4.13. The maximum atomic E-state index is 13.7. The van der Waals surface area contributed by atoms with Gasteiger partial charge in [0.05, 0.1) is 16.3 Å². The predicted molar refractivity (Wildman–Crippen MR) is 96.1 cm³/mol. The third kappa shape index (κ3) is 3.75. The minimum absolute atomic E-state index is 0.174. The molecule has 0 spiro atoms. The molecule has 0 atom stereocenters. The number of thiazole rings is 1. The van der Waals surface area contributed by atoms with Crippen molar-refractivity contribution < 1.29 is 22.0 Å². The number of nitrogens with one attached hydrogen (secondary N) is 2. The van der Waals surface area contributed by atoms with Crippen LogP contribution in [0.5, 0.6) is 0 Å². The zero-order valence-electron chi connectivity index (χ0n) is 13.7. The number of sulfonamides is 1. The average molecular weight is 395 g/mol. The molecular weight excluding hydrogens is 381 g/mol. The monoisotopic (exact) mass is 395 g/mol. The molecule has 3 rings (SSSR count). The smallest absolute Gasteiger partial charge is 0.295 e. The third-order valence-corrected chi connectivity index (χ3v) is 5.59. The van der Waals surface area contributed by atoms with Crippen molar-refractivity contribution in [2.45, 2.75) is 18.9 Å². The van der Waals surface area contributed by atoms with Gasteiger partial charge in [0.15, 0.2) is 5.13 Å². The van der Waals surface area contributed by atoms with Crippen LogP contribution < -0.4 is 10.0 Å². The SMILES string of the molecule is CC(=O)Nc1nc(C)c(-c2ccc(S(=O)(=O)Nc3ccccc3F)o2)s1. The molecule has 26 heavy (non-hydrogen) atoms. The topological polar surface area (TPSA) is 101 Å². The molecule has 1 amide bonds. The maximum absolute atomic E-state index is 13.7. The number of nitrogens with zero attached hydrogens (tertiary/aromatic N) is 1. The Kier molecular flexibility index (Phi) is 4.79. The highest BCUT2D eigenvalue weighted by Crippen LogP contribution is 2.35. The van der Waals surface area contributed by atoms with E-state index in [2.05, 4.69) is 15.0 Å². The summed E-state index contributed by atoms with van der Waals surface area (Å²) in [5.74, 6) is -0.672. The fourth-order valence-electron chi connectivity index (χ4n) is 2.15. The molecule has 136 valence electrons. The van der Waals surface area contributed by atoms with Crippen LogP contribution in [-0.2, 0) is 14.8 Å². The Morgan fingerprint density at radius 2 is 1.96 bits per heavy atom. The number of hydrogen-bond donors (Lipinski definition) is 2. The number of anilines is 2. The van der Waals surface area contributed by atoms with Crippen LogP contribution >= 0.6 is 11.3 Å². The number of para-hydroxylation sites is 1. The standard InChI is InChI=1S/C16H14FN3O4S2/c1-9-15(25-16(18-9)19-10(2)21)13-7-8-14(24-13)26(22,23)20-12-6-4-3-5-11(12)17/h3-8,20H,1-2H3,(H,18,19,21). The first kappa shape index (κ1) is 18.1. The van der Waals surface area contributed by atoms with Gasteiger partial charge in [-0.25, -0.2) is 9.37 Å². The number of rotatable bonds is 5. The van der Waals surface area contributed by atoms with Gasteiger partial charge in [0.1, 0.15) is 11.6 Å². The zero-order chi connectivity index (χ0) is 18.9. The Bertz CT molecular complexity index is 1070. The number of halogens is 1. The van der Waals surface area contributed by atoms with Crippen LogP contribution in [0.2, 0.25) is 0 Å². The lowest BCUT2D eigenvalue weighted by molar-refractivity contribution is -0.114. The molecule has 0 saturated heterocycles. The summed E-state index contributed by atoms with van der Waals surface area (Å²) in [6.45, 7) is 3.08. The summed E-state index contributed by atoms with van der Waals surface area (Å²) < 4.78 is 46.0. The molecule has 7 nitrogen and oxygen atoms in total. The molecular formula is C16H14FN3O4S2. The summed E-state index contributed by atoms with van der Waals surface area (Å²) in [7, 11) is -4.09. The summed E-state index contributed by atoms with van der Waals surface area (Å²) in [6, 6.07) is 8.18. The van der Waals surface area contributed by atoms with Crippen LogP contribution in [0.15, 0.2) is 45.9 Å². The van der Waals surface area contributed by atoms with Crippen LogP contribution in [-0.4, -0.2) is 19.3 Å². The molecule has 0 aliphatic rings. The second kappa shape index (κ2) is 6.89. The van der Waals surface area contributed by atoms with Crippen molar-refractivity contribution in [1.82, 2.24) is 4.98 Å². The van der Waals surface area contributed by atoms with Gasteiger partial charge >= 0.3 is 0 Å². The fraction of sp³-hybridized carbons (Fsp3) is 0.125. The molecule has 0 saturated carbocycles. The van der Waals surface area contributed by atoms with Crippen molar-refractivity contribution in [1.29, 1.82) is 0 Å². The van der Waals surface area contributed by atoms with E-state index in [0.29, 0.717) is 15.7 Å². The first-order valence-corrected chi connectivity index (χ1v) is 9.69. The number of carbonyl (C=O) groups excluding carboxylic acids is 1. The number of benzene rings is 1. The van der Waals surface area contributed by atoms with Crippen molar-refractivity contribution in [3.8, 4) is 10.6 Å². The third-order valence-electron chi connectivity index (χ3n) is 3.27. The first-order chi connectivity index (χ1) is 12.3. The first-order valence-electron chi connectivity index (χ1n) is 7.39. The van der Waals surface area contributed by atoms with Crippen LogP contribution in [0.3, 0.4) is 0 Å². The summed E-state index contributed by atoms with van der Waals surface area (Å²) in [5.41, 5.74) is 0.409. The maximum Gasteiger partial charge on any atom is 0.295 e. The summed E-state index contributed by atoms with van der Waals surface area (Å²) in [6.07, 6.45) is 0. The second-order valence-corrected chi connectivity index (χ2v) is 7.93. The molecule has 2 aromatic heterocycles. The Labute approximate surface area is 152 Å². The summed E-state index contributed by atoms with van der Waals surface area (Å²) in [5, 5.41) is 2.59. The van der Waals surface area contributed by atoms with E-state index < -0.39 is 15.8 Å². The van der Waals surface area contributed by atoms with Crippen LogP contribution in [0.25, 0.3) is 10.6 Å². The number of aryl methyl sites for hydroxylation is 1. The quantitative estimate of drug-likeness (QED) is 0.687. The van der Waals surface area contributed by atoms with Gasteiger partial charge < -0.3 is 9.73 Å². The molecule has 0 fully saturated rings. The molecule has 3 aromatic rings. The number of aromatic nitrogens is 1. The number of carbonyl (C=O) groups is 1. The molecule has 2 heterocycles. The van der Waals surface area contributed by atoms with Gasteiger partial charge in [-0.2, -0.15) is 8.42 Å². The van der Waals surface area contributed by atoms with Crippen molar-refractivity contribution in [3.63, 3.8) is 0 Å². The molecule has 0 radical (unpaired) electrons. The Morgan fingerprint density at radius 1 is 1.23 bits per heavy atom.